The molecule has 12 aromatic rings. The van der Waals surface area contributed by atoms with E-state index in [4.69, 9.17) is 0 Å². The maximum Gasteiger partial charge on any atom is 0.420 e. The first kappa shape index (κ1) is 48.4. The van der Waals surface area contributed by atoms with Gasteiger partial charge in [-0.25, -0.2) is 8.78 Å². The van der Waals surface area contributed by atoms with Gasteiger partial charge in [-0.15, -0.1) is 0 Å². The van der Waals surface area contributed by atoms with Crippen LogP contribution in [0.2, 0.25) is 0 Å². The Balaban J connectivity index is 1.27. The smallest absolute Gasteiger partial charge is 0.308 e. The van der Waals surface area contributed by atoms with E-state index in [1.54, 1.807) is 9.13 Å². The molecular weight excluding hydrogens is 952 g/mol. The molecule has 0 aliphatic rings. The first-order valence-corrected chi connectivity index (χ1v) is 25.6. The number of nitrogens with zero attached hydrogens (tertiary/aromatic N) is 2. The van der Waals surface area contributed by atoms with Gasteiger partial charge in [0, 0.05) is 27.6 Å². The lowest BCUT2D eigenvalue weighted by molar-refractivity contribution is -0.137. The van der Waals surface area contributed by atoms with Gasteiger partial charge in [-0.1, -0.05) is 144 Å². The lowest BCUT2D eigenvalue weighted by Gasteiger charge is -2.23. The molecule has 0 saturated heterocycles. The lowest BCUT2D eigenvalue weighted by Crippen LogP contribution is -2.16. The second-order valence-electron chi connectivity index (χ2n) is 20.9. The molecule has 2 nitrogen and oxygen atoms in total. The first-order valence-electron chi connectivity index (χ1n) is 25.6. The van der Waals surface area contributed by atoms with Crippen molar-refractivity contribution < 1.29 is 22.0 Å². The fourth-order valence-corrected chi connectivity index (χ4v) is 11.9. The number of rotatable bonds is 7. The van der Waals surface area contributed by atoms with Crippen LogP contribution in [0.5, 0.6) is 0 Å². The summed E-state index contributed by atoms with van der Waals surface area (Å²) in [6.45, 7) is 16.3. The van der Waals surface area contributed by atoms with Gasteiger partial charge in [-0.3, -0.25) is 0 Å². The van der Waals surface area contributed by atoms with Crippen molar-refractivity contribution in [3.8, 4) is 67.0 Å². The predicted octanol–water partition coefficient (Wildman–Crippen LogP) is 20.0. The monoisotopic (exact) mass is 1000 g/mol. The fraction of sp³-hybridized carbons (Fsp3) is 0.130. The molecule has 2 heterocycles. The van der Waals surface area contributed by atoms with E-state index in [0.29, 0.717) is 22.1 Å². The molecule has 0 saturated carbocycles. The molecule has 0 aliphatic carbocycles. The largest absolute Gasteiger partial charge is 0.420 e. The predicted molar refractivity (Wildman–Crippen MR) is 305 cm³/mol. The highest BCUT2D eigenvalue weighted by Gasteiger charge is 2.40. The summed E-state index contributed by atoms with van der Waals surface area (Å²) < 4.78 is 86.7. The van der Waals surface area contributed by atoms with Gasteiger partial charge in [0.15, 0.2) is 0 Å². The van der Waals surface area contributed by atoms with Crippen molar-refractivity contribution in [2.45, 2.75) is 61.6 Å². The standard InChI is InChI=1S/C69H53F5N2/c1-38-9-17-54(42(5)25-38)46-13-21-58-59-22-14-47(55-18-10-39(2)26-43(55)6)32-63(59)75(62(58)31-46)66-35-51(50-29-52(70)37-53(71)30-50)36-67(68(66)69(72,73)74)76-64-33-48(56-19-11-40(3)27-44(56)7)15-23-60(64)61-24-16-49(34-65(61)76)57-20-12-41(4)28-45(57)8/h9-37H,1-8H3. The van der Waals surface area contributed by atoms with Gasteiger partial charge in [-0.2, -0.15) is 13.2 Å². The van der Waals surface area contributed by atoms with E-state index in [2.05, 4.69) is 48.5 Å². The van der Waals surface area contributed by atoms with Crippen LogP contribution in [0, 0.1) is 67.0 Å². The summed E-state index contributed by atoms with van der Waals surface area (Å²) in [6, 6.07) is 54.9. The quantitative estimate of drug-likeness (QED) is 0.141. The Morgan fingerprint density at radius 3 is 0.829 bits per heavy atom. The molecule has 0 amide bonds. The average Bonchev–Trinajstić information content (AvgIpc) is 3.88. The number of alkyl halides is 3. The van der Waals surface area contributed by atoms with Gasteiger partial charge in [-0.05, 0) is 182 Å². The summed E-state index contributed by atoms with van der Waals surface area (Å²) in [5.74, 6) is -1.70. The fourth-order valence-electron chi connectivity index (χ4n) is 11.9. The zero-order valence-corrected chi connectivity index (χ0v) is 43.5. The van der Waals surface area contributed by atoms with Gasteiger partial charge >= 0.3 is 6.18 Å². The van der Waals surface area contributed by atoms with E-state index < -0.39 is 23.4 Å². The molecule has 0 aliphatic heterocycles. The molecule has 0 radical (unpaired) electrons. The molecule has 374 valence electrons. The Morgan fingerprint density at radius 2 is 0.566 bits per heavy atom. The zero-order valence-electron chi connectivity index (χ0n) is 43.5. The summed E-state index contributed by atoms with van der Waals surface area (Å²) >= 11 is 0. The Hall–Kier alpha value is -8.55. The van der Waals surface area contributed by atoms with Gasteiger partial charge in [0.1, 0.15) is 17.2 Å². The maximum absolute atomic E-state index is 17.3. The summed E-state index contributed by atoms with van der Waals surface area (Å²) in [5, 5.41) is 3.00. The normalized spacial score (nSPS) is 12.0. The van der Waals surface area contributed by atoms with Crippen LogP contribution in [0.3, 0.4) is 0 Å². The summed E-state index contributed by atoms with van der Waals surface area (Å²) in [5.41, 5.74) is 16.8. The van der Waals surface area contributed by atoms with Crippen LogP contribution in [0.25, 0.3) is 111 Å². The van der Waals surface area contributed by atoms with Crippen LogP contribution >= 0.6 is 0 Å². The van der Waals surface area contributed by atoms with Crippen molar-refractivity contribution in [2.75, 3.05) is 0 Å². The van der Waals surface area contributed by atoms with Crippen molar-refractivity contribution in [2.24, 2.45) is 0 Å². The minimum absolute atomic E-state index is 0.0918. The number of benzene rings is 10. The van der Waals surface area contributed by atoms with E-state index in [1.807, 2.05) is 152 Å². The average molecular weight is 1010 g/mol. The van der Waals surface area contributed by atoms with E-state index in [1.165, 1.54) is 24.3 Å². The lowest BCUT2D eigenvalue weighted by atomic mass is 9.96. The summed E-state index contributed by atoms with van der Waals surface area (Å²) in [4.78, 5) is 0. The second-order valence-corrected chi connectivity index (χ2v) is 20.9. The summed E-state index contributed by atoms with van der Waals surface area (Å²) in [7, 11) is 0. The molecule has 0 unspecified atom stereocenters. The van der Waals surface area contributed by atoms with Gasteiger partial charge in [0.25, 0.3) is 0 Å². The molecule has 0 bridgehead atoms. The molecule has 0 fully saturated rings. The van der Waals surface area contributed by atoms with Gasteiger partial charge < -0.3 is 9.13 Å². The van der Waals surface area contributed by atoms with E-state index >= 15 is 22.0 Å². The van der Waals surface area contributed by atoms with E-state index in [-0.39, 0.29) is 22.5 Å². The SMILES string of the molecule is Cc1ccc(-c2ccc3c4ccc(-c5ccc(C)cc5C)cc4n(-c4cc(-c5cc(F)cc(F)c5)cc(-n5c6cc(-c7ccc(C)cc7C)ccc6c6ccc(-c7ccc(C)cc7C)cc65)c4C(F)(F)F)c3c2)c(C)c1. The molecule has 0 spiro atoms. The number of fused-ring (bicyclic) bond motifs is 6. The van der Waals surface area contributed by atoms with Crippen LogP contribution in [0.15, 0.2) is 176 Å². The molecule has 10 aromatic carbocycles. The van der Waals surface area contributed by atoms with Crippen LogP contribution in [0.4, 0.5) is 22.0 Å². The van der Waals surface area contributed by atoms with Crippen molar-refractivity contribution in [1.82, 2.24) is 9.13 Å². The first-order chi connectivity index (χ1) is 36.4. The highest BCUT2D eigenvalue weighted by atomic mass is 19.4. The molecule has 7 heteroatoms. The van der Waals surface area contributed by atoms with Gasteiger partial charge in [0.2, 0.25) is 0 Å². The van der Waals surface area contributed by atoms with Crippen molar-refractivity contribution >= 4 is 43.6 Å². The van der Waals surface area contributed by atoms with Gasteiger partial charge in [0.05, 0.1) is 33.4 Å². The topological polar surface area (TPSA) is 9.86 Å². The highest BCUT2D eigenvalue weighted by molar-refractivity contribution is 6.13. The maximum atomic E-state index is 17.3. The highest BCUT2D eigenvalue weighted by Crippen LogP contribution is 2.48. The summed E-state index contributed by atoms with van der Waals surface area (Å²) in [6.07, 6.45) is -4.99. The number of aromatic nitrogens is 2. The second kappa shape index (κ2) is 18.1. The third kappa shape index (κ3) is 8.26. The third-order valence-electron chi connectivity index (χ3n) is 15.4. The van der Waals surface area contributed by atoms with Crippen LogP contribution in [0.1, 0.15) is 50.1 Å². The number of halogens is 5. The van der Waals surface area contributed by atoms with Crippen LogP contribution in [-0.2, 0) is 6.18 Å². The zero-order chi connectivity index (χ0) is 53.1. The molecular formula is C69H53F5N2. The number of aryl methyl sites for hydroxylation is 8. The van der Waals surface area contributed by atoms with Crippen molar-refractivity contribution in [3.63, 3.8) is 0 Å². The minimum Gasteiger partial charge on any atom is -0.308 e. The van der Waals surface area contributed by atoms with Crippen molar-refractivity contribution in [3.05, 3.63) is 238 Å². The minimum atomic E-state index is -4.99. The Bertz CT molecular complexity index is 3910. The van der Waals surface area contributed by atoms with Crippen LogP contribution < -0.4 is 0 Å². The van der Waals surface area contributed by atoms with E-state index in [0.717, 1.165) is 117 Å². The number of hydrogen-bond donors (Lipinski definition) is 0. The molecule has 0 N–H and O–H groups in total. The molecule has 0 atom stereocenters. The Kier molecular flexibility index (Phi) is 11.5. The van der Waals surface area contributed by atoms with Crippen molar-refractivity contribution in [1.29, 1.82) is 0 Å². The van der Waals surface area contributed by atoms with Crippen LogP contribution in [-0.4, -0.2) is 9.13 Å². The Labute approximate surface area is 439 Å². The van der Waals surface area contributed by atoms with E-state index in [9.17, 15) is 0 Å². The molecule has 2 aromatic heterocycles. The molecule has 76 heavy (non-hydrogen) atoms. The third-order valence-corrected chi connectivity index (χ3v) is 15.4. The Morgan fingerprint density at radius 1 is 0.289 bits per heavy atom. The molecule has 12 rings (SSSR count). The number of hydrogen-bond acceptors (Lipinski definition) is 0.